The first-order valence-corrected chi connectivity index (χ1v) is 6.95. The monoisotopic (exact) mass is 444 g/mol. The van der Waals surface area contributed by atoms with Crippen molar-refractivity contribution in [1.82, 2.24) is 10.6 Å². The van der Waals surface area contributed by atoms with Gasteiger partial charge in [-0.15, -0.1) is 24.0 Å². The molecule has 0 aliphatic rings. The SMILES string of the molecule is CCCNC(=NCC(=O)Nc1ccc(F)c(F)c1F)NCC.I. The summed E-state index contributed by atoms with van der Waals surface area (Å²) in [4.78, 5) is 15.7. The quantitative estimate of drug-likeness (QED) is 0.274. The highest BCUT2D eigenvalue weighted by molar-refractivity contribution is 14.0. The Balaban J connectivity index is 0.00000484. The summed E-state index contributed by atoms with van der Waals surface area (Å²) < 4.78 is 39.3. The predicted octanol–water partition coefficient (Wildman–Crippen LogP) is 2.63. The van der Waals surface area contributed by atoms with Gasteiger partial charge in [-0.25, -0.2) is 18.2 Å². The van der Waals surface area contributed by atoms with E-state index in [9.17, 15) is 18.0 Å². The molecule has 0 heterocycles. The number of anilines is 1. The Bertz CT molecular complexity index is 555. The molecule has 5 nitrogen and oxygen atoms in total. The summed E-state index contributed by atoms with van der Waals surface area (Å²) in [6.45, 7) is 4.88. The Morgan fingerprint density at radius 3 is 2.43 bits per heavy atom. The van der Waals surface area contributed by atoms with Crippen LogP contribution >= 0.6 is 24.0 Å². The molecule has 0 aliphatic carbocycles. The van der Waals surface area contributed by atoms with Crippen LogP contribution in [0.4, 0.5) is 18.9 Å². The van der Waals surface area contributed by atoms with Crippen molar-refractivity contribution in [3.8, 4) is 0 Å². The fourth-order valence-electron chi connectivity index (χ4n) is 1.55. The van der Waals surface area contributed by atoms with Gasteiger partial charge in [0, 0.05) is 13.1 Å². The van der Waals surface area contributed by atoms with Crippen molar-refractivity contribution in [1.29, 1.82) is 0 Å². The van der Waals surface area contributed by atoms with E-state index in [-0.39, 0.29) is 30.5 Å². The topological polar surface area (TPSA) is 65.5 Å². The van der Waals surface area contributed by atoms with Crippen LogP contribution in [0.3, 0.4) is 0 Å². The lowest BCUT2D eigenvalue weighted by Gasteiger charge is -2.10. The van der Waals surface area contributed by atoms with Gasteiger partial charge in [-0.2, -0.15) is 0 Å². The first-order valence-electron chi connectivity index (χ1n) is 6.95. The molecule has 1 aromatic rings. The van der Waals surface area contributed by atoms with Gasteiger partial charge in [-0.3, -0.25) is 4.79 Å². The second-order valence-corrected chi connectivity index (χ2v) is 4.39. The van der Waals surface area contributed by atoms with Gasteiger partial charge in [0.05, 0.1) is 5.69 Å². The molecule has 1 amide bonds. The van der Waals surface area contributed by atoms with Gasteiger partial charge in [0.2, 0.25) is 5.91 Å². The van der Waals surface area contributed by atoms with Gasteiger partial charge in [0.1, 0.15) is 6.54 Å². The minimum atomic E-state index is -1.63. The number of hydrogen-bond donors (Lipinski definition) is 3. The molecule has 0 aliphatic heterocycles. The summed E-state index contributed by atoms with van der Waals surface area (Å²) in [7, 11) is 0. The van der Waals surface area contributed by atoms with E-state index < -0.39 is 29.0 Å². The highest BCUT2D eigenvalue weighted by Gasteiger charge is 2.15. The van der Waals surface area contributed by atoms with Crippen molar-refractivity contribution in [2.75, 3.05) is 25.0 Å². The molecule has 0 radical (unpaired) electrons. The summed E-state index contributed by atoms with van der Waals surface area (Å²) in [5.41, 5.74) is -0.425. The number of rotatable bonds is 6. The molecule has 3 N–H and O–H groups in total. The van der Waals surface area contributed by atoms with Crippen LogP contribution in [0.1, 0.15) is 20.3 Å². The molecule has 0 unspecified atom stereocenters. The Labute approximate surface area is 150 Å². The fourth-order valence-corrected chi connectivity index (χ4v) is 1.55. The molecule has 9 heteroatoms. The summed E-state index contributed by atoms with van der Waals surface area (Å²) >= 11 is 0. The third kappa shape index (κ3) is 7.06. The van der Waals surface area contributed by atoms with Gasteiger partial charge >= 0.3 is 0 Å². The number of nitrogens with zero attached hydrogens (tertiary/aromatic N) is 1. The van der Waals surface area contributed by atoms with Crippen LogP contribution in [-0.4, -0.2) is 31.5 Å². The number of aliphatic imine (C=N–C) groups is 1. The van der Waals surface area contributed by atoms with E-state index in [1.165, 1.54) is 0 Å². The normalized spacial score (nSPS) is 10.7. The molecule has 0 saturated heterocycles. The number of nitrogens with one attached hydrogen (secondary N) is 3. The molecule has 23 heavy (non-hydrogen) atoms. The molecule has 1 aromatic carbocycles. The number of hydrogen-bond acceptors (Lipinski definition) is 2. The summed E-state index contributed by atoms with van der Waals surface area (Å²) in [5.74, 6) is -4.57. The molecule has 0 saturated carbocycles. The average molecular weight is 444 g/mol. The summed E-state index contributed by atoms with van der Waals surface area (Å²) in [6, 6.07) is 1.69. The number of benzene rings is 1. The Morgan fingerprint density at radius 2 is 1.83 bits per heavy atom. The summed E-state index contributed by atoms with van der Waals surface area (Å²) in [5, 5.41) is 8.08. The van der Waals surface area contributed by atoms with Crippen molar-refractivity contribution < 1.29 is 18.0 Å². The molecule has 0 bridgehead atoms. The van der Waals surface area contributed by atoms with Crippen molar-refractivity contribution in [2.24, 2.45) is 4.99 Å². The van der Waals surface area contributed by atoms with E-state index in [0.29, 0.717) is 19.0 Å². The minimum Gasteiger partial charge on any atom is -0.357 e. The number of carbonyl (C=O) groups excluding carboxylic acids is 1. The number of amides is 1. The van der Waals surface area contributed by atoms with Crippen LogP contribution in [-0.2, 0) is 4.79 Å². The van der Waals surface area contributed by atoms with Gasteiger partial charge < -0.3 is 16.0 Å². The largest absolute Gasteiger partial charge is 0.357 e. The van der Waals surface area contributed by atoms with Crippen LogP contribution in [0, 0.1) is 17.5 Å². The second kappa shape index (κ2) is 11.1. The predicted molar refractivity (Wildman–Crippen MR) is 94.6 cm³/mol. The van der Waals surface area contributed by atoms with E-state index in [4.69, 9.17) is 0 Å². The lowest BCUT2D eigenvalue weighted by molar-refractivity contribution is -0.114. The number of guanidine groups is 1. The lowest BCUT2D eigenvalue weighted by atomic mass is 10.3. The van der Waals surface area contributed by atoms with E-state index in [1.807, 2.05) is 13.8 Å². The smallest absolute Gasteiger partial charge is 0.246 e. The van der Waals surface area contributed by atoms with Crippen LogP contribution in [0.25, 0.3) is 0 Å². The zero-order chi connectivity index (χ0) is 16.5. The Kier molecular flexibility index (Phi) is 10.4. The standard InChI is InChI=1S/C14H19F3N4O.HI/c1-3-7-19-14(18-4-2)20-8-11(22)21-10-6-5-9(15)12(16)13(10)17;/h5-6H,3-4,7-8H2,1-2H3,(H,21,22)(H2,18,19,20);1H. The van der Waals surface area contributed by atoms with Crippen LogP contribution in [0.15, 0.2) is 17.1 Å². The molecule has 0 atom stereocenters. The van der Waals surface area contributed by atoms with Crippen LogP contribution in [0.2, 0.25) is 0 Å². The highest BCUT2D eigenvalue weighted by atomic mass is 127. The third-order valence-corrected chi connectivity index (χ3v) is 2.58. The molecular formula is C14H20F3IN4O. The van der Waals surface area contributed by atoms with Crippen molar-refractivity contribution in [3.05, 3.63) is 29.6 Å². The highest BCUT2D eigenvalue weighted by Crippen LogP contribution is 2.19. The second-order valence-electron chi connectivity index (χ2n) is 4.39. The van der Waals surface area contributed by atoms with Crippen molar-refractivity contribution >= 4 is 41.5 Å². The molecular weight excluding hydrogens is 424 g/mol. The van der Waals surface area contributed by atoms with Gasteiger partial charge in [0.15, 0.2) is 23.4 Å². The zero-order valence-electron chi connectivity index (χ0n) is 12.9. The Hall–Kier alpha value is -1.52. The lowest BCUT2D eigenvalue weighted by Crippen LogP contribution is -2.38. The van der Waals surface area contributed by atoms with Gasteiger partial charge in [-0.05, 0) is 25.5 Å². The maximum atomic E-state index is 13.4. The first kappa shape index (κ1) is 21.5. The first-order chi connectivity index (χ1) is 10.5. The number of carbonyl (C=O) groups is 1. The summed E-state index contributed by atoms with van der Waals surface area (Å²) in [6.07, 6.45) is 0.886. The Morgan fingerprint density at radius 1 is 1.13 bits per heavy atom. The van der Waals surface area contributed by atoms with Gasteiger partial charge in [-0.1, -0.05) is 6.92 Å². The van der Waals surface area contributed by atoms with E-state index in [2.05, 4.69) is 20.9 Å². The minimum absolute atomic E-state index is 0. The molecule has 1 rings (SSSR count). The molecule has 0 aromatic heterocycles. The number of halogens is 4. The third-order valence-electron chi connectivity index (χ3n) is 2.58. The maximum absolute atomic E-state index is 13.4. The van der Waals surface area contributed by atoms with Crippen LogP contribution < -0.4 is 16.0 Å². The van der Waals surface area contributed by atoms with E-state index in [0.717, 1.165) is 18.6 Å². The molecule has 0 fully saturated rings. The maximum Gasteiger partial charge on any atom is 0.246 e. The van der Waals surface area contributed by atoms with Crippen LogP contribution in [0.5, 0.6) is 0 Å². The average Bonchev–Trinajstić information content (AvgIpc) is 2.50. The van der Waals surface area contributed by atoms with Crippen molar-refractivity contribution in [3.63, 3.8) is 0 Å². The van der Waals surface area contributed by atoms with E-state index >= 15 is 0 Å². The zero-order valence-corrected chi connectivity index (χ0v) is 15.2. The van der Waals surface area contributed by atoms with E-state index in [1.54, 1.807) is 0 Å². The fraction of sp³-hybridized carbons (Fsp3) is 0.429. The van der Waals surface area contributed by atoms with Crippen molar-refractivity contribution in [2.45, 2.75) is 20.3 Å². The molecule has 0 spiro atoms. The molecule has 130 valence electrons. The van der Waals surface area contributed by atoms with Gasteiger partial charge in [0.25, 0.3) is 0 Å².